The van der Waals surface area contributed by atoms with Gasteiger partial charge in [0, 0.05) is 5.39 Å². The smallest absolute Gasteiger partial charge is 0.306 e. The number of aromatic nitrogens is 1. The van der Waals surface area contributed by atoms with Gasteiger partial charge in [-0.05, 0) is 30.5 Å². The number of benzene rings is 1. The Hall–Kier alpha value is -1.95. The first-order valence-electron chi connectivity index (χ1n) is 7.33. The summed E-state index contributed by atoms with van der Waals surface area (Å²) in [6.45, 7) is 2.22. The average Bonchev–Trinajstić information content (AvgIpc) is 2.85. The fraction of sp³-hybridized carbons (Fsp3) is 0.438. The number of H-pyrrole nitrogens is 1. The van der Waals surface area contributed by atoms with Gasteiger partial charge in [-0.25, -0.2) is 8.78 Å². The first-order chi connectivity index (χ1) is 10.5. The van der Waals surface area contributed by atoms with Crippen LogP contribution in [-0.4, -0.2) is 22.7 Å². The van der Waals surface area contributed by atoms with E-state index in [-0.39, 0.29) is 17.3 Å². The molecule has 0 amide bonds. The zero-order valence-electron chi connectivity index (χ0n) is 12.2. The predicted octanol–water partition coefficient (Wildman–Crippen LogP) is 3.49. The highest BCUT2D eigenvalue weighted by molar-refractivity contribution is 5.87. The highest BCUT2D eigenvalue weighted by Crippen LogP contribution is 2.43. The molecule has 1 atom stereocenters. The van der Waals surface area contributed by atoms with Crippen LogP contribution >= 0.6 is 0 Å². The number of hydrogen-bond acceptors (Lipinski definition) is 2. The van der Waals surface area contributed by atoms with Crippen molar-refractivity contribution in [3.8, 4) is 0 Å². The molecule has 0 saturated carbocycles. The molecule has 0 spiro atoms. The van der Waals surface area contributed by atoms with Crippen LogP contribution in [0.2, 0.25) is 0 Å². The summed E-state index contributed by atoms with van der Waals surface area (Å²) in [6.07, 6.45) is 1.38. The van der Waals surface area contributed by atoms with Gasteiger partial charge >= 0.3 is 5.97 Å². The van der Waals surface area contributed by atoms with Crippen LogP contribution in [0.1, 0.15) is 37.4 Å². The lowest BCUT2D eigenvalue weighted by molar-refractivity contribution is -0.149. The van der Waals surface area contributed by atoms with Crippen molar-refractivity contribution in [2.24, 2.45) is 0 Å². The molecule has 0 saturated heterocycles. The van der Waals surface area contributed by atoms with Crippen molar-refractivity contribution < 1.29 is 23.4 Å². The Bertz CT molecular complexity index is 741. The van der Waals surface area contributed by atoms with E-state index in [9.17, 15) is 18.7 Å². The van der Waals surface area contributed by atoms with E-state index < -0.39 is 23.2 Å². The summed E-state index contributed by atoms with van der Waals surface area (Å²) in [4.78, 5) is 14.2. The summed E-state index contributed by atoms with van der Waals surface area (Å²) in [7, 11) is 0. The van der Waals surface area contributed by atoms with Gasteiger partial charge in [0.15, 0.2) is 0 Å². The Balaban J connectivity index is 2.27. The van der Waals surface area contributed by atoms with Crippen molar-refractivity contribution in [1.29, 1.82) is 0 Å². The highest BCUT2D eigenvalue weighted by atomic mass is 19.1. The third kappa shape index (κ3) is 2.18. The zero-order valence-corrected chi connectivity index (χ0v) is 12.2. The molecule has 1 aliphatic heterocycles. The van der Waals surface area contributed by atoms with Crippen LogP contribution in [0.5, 0.6) is 0 Å². The fourth-order valence-corrected chi connectivity index (χ4v) is 3.43. The van der Waals surface area contributed by atoms with E-state index >= 15 is 0 Å². The SMILES string of the molecule is CCCC1(CC(=O)O)OCCc2c1[nH]c1c(F)ccc(F)c21. The molecule has 2 aromatic rings. The lowest BCUT2D eigenvalue weighted by atomic mass is 9.85. The molecule has 0 aliphatic carbocycles. The number of nitrogens with one attached hydrogen (secondary N) is 1. The maximum atomic E-state index is 14.1. The van der Waals surface area contributed by atoms with Crippen LogP contribution in [-0.2, 0) is 21.6 Å². The number of carbonyl (C=O) groups is 1. The lowest BCUT2D eigenvalue weighted by Gasteiger charge is -2.36. The van der Waals surface area contributed by atoms with Crippen molar-refractivity contribution in [1.82, 2.24) is 4.98 Å². The van der Waals surface area contributed by atoms with Crippen LogP contribution in [0.15, 0.2) is 12.1 Å². The molecule has 1 aromatic carbocycles. The van der Waals surface area contributed by atoms with Crippen molar-refractivity contribution in [2.75, 3.05) is 6.61 Å². The monoisotopic (exact) mass is 309 g/mol. The topological polar surface area (TPSA) is 62.3 Å². The summed E-state index contributed by atoms with van der Waals surface area (Å²) in [6, 6.07) is 2.17. The molecular formula is C16H17F2NO3. The Morgan fingerprint density at radius 1 is 1.41 bits per heavy atom. The first-order valence-corrected chi connectivity index (χ1v) is 7.33. The van der Waals surface area contributed by atoms with Crippen LogP contribution in [0, 0.1) is 11.6 Å². The number of halogens is 2. The van der Waals surface area contributed by atoms with Gasteiger partial charge in [0.2, 0.25) is 0 Å². The molecule has 3 rings (SSSR count). The molecule has 118 valence electrons. The van der Waals surface area contributed by atoms with Crippen LogP contribution in [0.25, 0.3) is 10.9 Å². The number of ether oxygens (including phenoxy) is 1. The minimum atomic E-state index is -1.05. The minimum absolute atomic E-state index is 0.0846. The Morgan fingerprint density at radius 3 is 2.82 bits per heavy atom. The third-order valence-corrected chi connectivity index (χ3v) is 4.23. The molecule has 6 heteroatoms. The lowest BCUT2D eigenvalue weighted by Crippen LogP contribution is -2.37. The van der Waals surface area contributed by atoms with Crippen molar-refractivity contribution >= 4 is 16.9 Å². The van der Waals surface area contributed by atoms with Gasteiger partial charge in [-0.1, -0.05) is 13.3 Å². The van der Waals surface area contributed by atoms with E-state index in [0.717, 1.165) is 12.1 Å². The minimum Gasteiger partial charge on any atom is -0.481 e. The standard InChI is InChI=1S/C16H17F2NO3/c1-2-6-16(8-12(20)21)15-9(5-7-22-16)13-10(17)3-4-11(18)14(13)19-15/h3-4,19H,2,5-8H2,1H3,(H,20,21). The Labute approximate surface area is 126 Å². The number of fused-ring (bicyclic) bond motifs is 3. The van der Waals surface area contributed by atoms with Gasteiger partial charge < -0.3 is 14.8 Å². The second-order valence-electron chi connectivity index (χ2n) is 5.67. The van der Waals surface area contributed by atoms with Gasteiger partial charge in [-0.15, -0.1) is 0 Å². The molecule has 1 aromatic heterocycles. The largest absolute Gasteiger partial charge is 0.481 e. The van der Waals surface area contributed by atoms with Crippen molar-refractivity contribution in [2.45, 2.75) is 38.2 Å². The number of carboxylic acid groups (broad SMARTS) is 1. The molecule has 0 fully saturated rings. The number of carboxylic acids is 1. The van der Waals surface area contributed by atoms with Crippen LogP contribution in [0.4, 0.5) is 8.78 Å². The third-order valence-electron chi connectivity index (χ3n) is 4.23. The van der Waals surface area contributed by atoms with E-state index in [1.165, 1.54) is 0 Å². The maximum Gasteiger partial charge on any atom is 0.306 e. The quantitative estimate of drug-likeness (QED) is 0.909. The molecule has 4 nitrogen and oxygen atoms in total. The van der Waals surface area contributed by atoms with Crippen LogP contribution in [0.3, 0.4) is 0 Å². The maximum absolute atomic E-state index is 14.1. The van der Waals surface area contributed by atoms with Gasteiger partial charge in [-0.3, -0.25) is 4.79 Å². The highest BCUT2D eigenvalue weighted by Gasteiger charge is 2.42. The van der Waals surface area contributed by atoms with Gasteiger partial charge in [0.25, 0.3) is 0 Å². The number of rotatable bonds is 4. The molecule has 2 heterocycles. The predicted molar refractivity (Wildman–Crippen MR) is 76.7 cm³/mol. The van der Waals surface area contributed by atoms with E-state index in [2.05, 4.69) is 4.98 Å². The second-order valence-corrected chi connectivity index (χ2v) is 5.67. The molecule has 1 unspecified atom stereocenters. The van der Waals surface area contributed by atoms with E-state index in [1.807, 2.05) is 6.92 Å². The van der Waals surface area contributed by atoms with E-state index in [1.54, 1.807) is 0 Å². The van der Waals surface area contributed by atoms with Gasteiger partial charge in [0.05, 0.1) is 24.2 Å². The Morgan fingerprint density at radius 2 is 2.14 bits per heavy atom. The summed E-state index contributed by atoms with van der Waals surface area (Å²) in [5.41, 5.74) is 0.169. The van der Waals surface area contributed by atoms with Gasteiger partial charge in [-0.2, -0.15) is 0 Å². The molecule has 0 radical (unpaired) electrons. The van der Waals surface area contributed by atoms with Gasteiger partial charge in [0.1, 0.15) is 17.2 Å². The van der Waals surface area contributed by atoms with Crippen molar-refractivity contribution in [3.05, 3.63) is 35.0 Å². The molecule has 1 aliphatic rings. The average molecular weight is 309 g/mol. The fourth-order valence-electron chi connectivity index (χ4n) is 3.43. The molecule has 2 N–H and O–H groups in total. The van der Waals surface area contributed by atoms with E-state index in [4.69, 9.17) is 4.74 Å². The normalized spacial score (nSPS) is 21.0. The van der Waals surface area contributed by atoms with Crippen LogP contribution < -0.4 is 0 Å². The molecular weight excluding hydrogens is 292 g/mol. The number of hydrogen-bond donors (Lipinski definition) is 2. The van der Waals surface area contributed by atoms with E-state index in [0.29, 0.717) is 37.1 Å². The number of aromatic amines is 1. The molecule has 22 heavy (non-hydrogen) atoms. The summed E-state index contributed by atoms with van der Waals surface area (Å²) in [5, 5.41) is 9.44. The zero-order chi connectivity index (χ0) is 15.9. The second kappa shape index (κ2) is 5.35. The molecule has 0 bridgehead atoms. The summed E-state index contributed by atoms with van der Waals surface area (Å²) in [5.74, 6) is -2.05. The summed E-state index contributed by atoms with van der Waals surface area (Å²) >= 11 is 0. The Kier molecular flexibility index (Phi) is 3.64. The number of aliphatic carboxylic acids is 1. The summed E-state index contributed by atoms with van der Waals surface area (Å²) < 4.78 is 33.9. The first kappa shape index (κ1) is 15.0. The van der Waals surface area contributed by atoms with Crippen molar-refractivity contribution in [3.63, 3.8) is 0 Å².